The Labute approximate surface area is 111 Å². The van der Waals surface area contributed by atoms with Crippen LogP contribution in [0, 0.1) is 6.92 Å². The number of aromatic amines is 1. The monoisotopic (exact) mass is 280 g/mol. The summed E-state index contributed by atoms with van der Waals surface area (Å²) in [5, 5.41) is 0. The summed E-state index contributed by atoms with van der Waals surface area (Å²) in [7, 11) is -2.91. The number of sulfone groups is 1. The molecule has 1 fully saturated rings. The number of nitrogens with zero attached hydrogens (tertiary/aromatic N) is 1. The van der Waals surface area contributed by atoms with Gasteiger partial charge in [0.25, 0.3) is 0 Å². The maximum Gasteiger partial charge on any atom is 0.326 e. The fourth-order valence-corrected chi connectivity index (χ4v) is 4.20. The number of aryl methyl sites for hydroxylation is 1. The van der Waals surface area contributed by atoms with E-state index in [0.717, 1.165) is 16.6 Å². The second-order valence-corrected chi connectivity index (χ2v) is 7.51. The van der Waals surface area contributed by atoms with E-state index < -0.39 is 9.84 Å². The first kappa shape index (κ1) is 12.5. The predicted octanol–water partition coefficient (Wildman–Crippen LogP) is 1.39. The third-order valence-corrected chi connectivity index (χ3v) is 5.48. The van der Waals surface area contributed by atoms with Crippen molar-refractivity contribution in [1.29, 1.82) is 0 Å². The normalized spacial score (nSPS) is 19.8. The van der Waals surface area contributed by atoms with E-state index in [0.29, 0.717) is 12.8 Å². The van der Waals surface area contributed by atoms with Crippen LogP contribution in [-0.4, -0.2) is 29.5 Å². The van der Waals surface area contributed by atoms with Crippen LogP contribution in [0.3, 0.4) is 0 Å². The van der Waals surface area contributed by atoms with Gasteiger partial charge in [0.1, 0.15) is 9.84 Å². The number of hydrogen-bond acceptors (Lipinski definition) is 3. The van der Waals surface area contributed by atoms with Gasteiger partial charge in [0.2, 0.25) is 0 Å². The second kappa shape index (κ2) is 4.23. The van der Waals surface area contributed by atoms with Gasteiger partial charge in [0, 0.05) is 6.04 Å². The van der Waals surface area contributed by atoms with Gasteiger partial charge in [-0.25, -0.2) is 13.2 Å². The molecule has 0 amide bonds. The highest BCUT2D eigenvalue weighted by Gasteiger charge is 2.26. The van der Waals surface area contributed by atoms with Crippen LogP contribution < -0.4 is 5.69 Å². The second-order valence-electron chi connectivity index (χ2n) is 5.20. The molecule has 19 heavy (non-hydrogen) atoms. The summed E-state index contributed by atoms with van der Waals surface area (Å²) in [6.45, 7) is 1.98. The zero-order valence-corrected chi connectivity index (χ0v) is 11.5. The average molecular weight is 280 g/mol. The Morgan fingerprint density at radius 1 is 1.26 bits per heavy atom. The summed E-state index contributed by atoms with van der Waals surface area (Å²) in [4.78, 5) is 14.9. The van der Waals surface area contributed by atoms with E-state index in [1.165, 1.54) is 0 Å². The first-order chi connectivity index (χ1) is 8.96. The lowest BCUT2D eigenvalue weighted by Crippen LogP contribution is -2.30. The fraction of sp³-hybridized carbons (Fsp3) is 0.462. The van der Waals surface area contributed by atoms with E-state index >= 15 is 0 Å². The van der Waals surface area contributed by atoms with Gasteiger partial charge in [-0.15, -0.1) is 0 Å². The fourth-order valence-electron chi connectivity index (χ4n) is 2.73. The van der Waals surface area contributed by atoms with Crippen LogP contribution in [0.4, 0.5) is 0 Å². The van der Waals surface area contributed by atoms with E-state index in [1.807, 2.05) is 25.1 Å². The van der Waals surface area contributed by atoms with Crippen molar-refractivity contribution in [2.75, 3.05) is 11.5 Å². The summed E-state index contributed by atoms with van der Waals surface area (Å²) in [6, 6.07) is 5.79. The number of imidazole rings is 1. The highest BCUT2D eigenvalue weighted by molar-refractivity contribution is 7.91. The number of fused-ring (bicyclic) bond motifs is 1. The molecule has 1 aromatic carbocycles. The van der Waals surface area contributed by atoms with E-state index in [2.05, 4.69) is 4.98 Å². The van der Waals surface area contributed by atoms with Gasteiger partial charge in [-0.3, -0.25) is 4.57 Å². The molecule has 0 radical (unpaired) electrons. The Morgan fingerprint density at radius 2 is 1.95 bits per heavy atom. The molecule has 2 aromatic rings. The molecule has 102 valence electrons. The molecule has 2 heterocycles. The molecule has 0 atom stereocenters. The van der Waals surface area contributed by atoms with Gasteiger partial charge in [-0.2, -0.15) is 0 Å². The van der Waals surface area contributed by atoms with E-state index in [1.54, 1.807) is 4.57 Å². The summed E-state index contributed by atoms with van der Waals surface area (Å²) in [6.07, 6.45) is 1.03. The van der Waals surface area contributed by atoms with Gasteiger partial charge in [-0.1, -0.05) is 6.07 Å². The molecule has 0 bridgehead atoms. The quantitative estimate of drug-likeness (QED) is 0.858. The molecule has 5 nitrogen and oxygen atoms in total. The van der Waals surface area contributed by atoms with E-state index in [9.17, 15) is 13.2 Å². The van der Waals surface area contributed by atoms with Gasteiger partial charge in [0.05, 0.1) is 22.5 Å². The molecule has 1 N–H and O–H groups in total. The van der Waals surface area contributed by atoms with Crippen molar-refractivity contribution in [3.63, 3.8) is 0 Å². The Kier molecular flexibility index (Phi) is 2.78. The summed E-state index contributed by atoms with van der Waals surface area (Å²) in [5.74, 6) is 0.338. The summed E-state index contributed by atoms with van der Waals surface area (Å²) >= 11 is 0. The molecular formula is C13H16N2O3S. The number of H-pyrrole nitrogens is 1. The molecule has 0 aliphatic carbocycles. The van der Waals surface area contributed by atoms with Crippen LogP contribution in [0.15, 0.2) is 23.0 Å². The maximum atomic E-state index is 12.1. The number of rotatable bonds is 1. The minimum absolute atomic E-state index is 0.0217. The molecular weight excluding hydrogens is 264 g/mol. The highest BCUT2D eigenvalue weighted by Crippen LogP contribution is 2.26. The van der Waals surface area contributed by atoms with Crippen molar-refractivity contribution in [3.05, 3.63) is 34.2 Å². The number of benzene rings is 1. The van der Waals surface area contributed by atoms with Gasteiger partial charge >= 0.3 is 5.69 Å². The first-order valence-electron chi connectivity index (χ1n) is 6.37. The molecule has 1 aliphatic rings. The predicted molar refractivity (Wildman–Crippen MR) is 74.2 cm³/mol. The molecule has 0 saturated carbocycles. The SMILES string of the molecule is Cc1ccc2[nH]c(=O)n(C3CCS(=O)(=O)CC3)c2c1. The zero-order valence-electron chi connectivity index (χ0n) is 10.7. The summed E-state index contributed by atoms with van der Waals surface area (Å²) < 4.78 is 24.7. The third kappa shape index (κ3) is 2.20. The van der Waals surface area contributed by atoms with Gasteiger partial charge in [0.15, 0.2) is 0 Å². The van der Waals surface area contributed by atoms with Crippen LogP contribution in [0.2, 0.25) is 0 Å². The summed E-state index contributed by atoms with van der Waals surface area (Å²) in [5.41, 5.74) is 2.62. The van der Waals surface area contributed by atoms with Gasteiger partial charge < -0.3 is 4.98 Å². The lowest BCUT2D eigenvalue weighted by atomic mass is 10.1. The molecule has 0 unspecified atom stereocenters. The van der Waals surface area contributed by atoms with Crippen molar-refractivity contribution in [1.82, 2.24) is 9.55 Å². The Hall–Kier alpha value is -1.56. The number of aromatic nitrogens is 2. The Bertz CT molecular complexity index is 772. The first-order valence-corrected chi connectivity index (χ1v) is 8.20. The molecule has 6 heteroatoms. The molecule has 3 rings (SSSR count). The van der Waals surface area contributed by atoms with E-state index in [-0.39, 0.29) is 23.2 Å². The number of hydrogen-bond donors (Lipinski definition) is 1. The van der Waals surface area contributed by atoms with Crippen LogP contribution >= 0.6 is 0 Å². The van der Waals surface area contributed by atoms with Crippen LogP contribution in [-0.2, 0) is 9.84 Å². The van der Waals surface area contributed by atoms with Crippen LogP contribution in [0.25, 0.3) is 11.0 Å². The highest BCUT2D eigenvalue weighted by atomic mass is 32.2. The lowest BCUT2D eigenvalue weighted by Gasteiger charge is -2.23. The maximum absolute atomic E-state index is 12.1. The minimum atomic E-state index is -2.91. The topological polar surface area (TPSA) is 71.9 Å². The molecule has 1 saturated heterocycles. The zero-order chi connectivity index (χ0) is 13.6. The standard InChI is InChI=1S/C13H16N2O3S/c1-9-2-3-11-12(8-9)15(13(16)14-11)10-4-6-19(17,18)7-5-10/h2-3,8,10H,4-7H2,1H3,(H,14,16). The molecule has 1 aliphatic heterocycles. The van der Waals surface area contributed by atoms with Crippen molar-refractivity contribution >= 4 is 20.9 Å². The van der Waals surface area contributed by atoms with Gasteiger partial charge in [-0.05, 0) is 37.5 Å². The van der Waals surface area contributed by atoms with Crippen LogP contribution in [0.1, 0.15) is 24.4 Å². The largest absolute Gasteiger partial charge is 0.326 e. The Balaban J connectivity index is 2.08. The van der Waals surface area contributed by atoms with Crippen molar-refractivity contribution in [2.45, 2.75) is 25.8 Å². The molecule has 0 spiro atoms. The van der Waals surface area contributed by atoms with Crippen molar-refractivity contribution in [2.24, 2.45) is 0 Å². The number of nitrogens with one attached hydrogen (secondary N) is 1. The smallest absolute Gasteiger partial charge is 0.306 e. The van der Waals surface area contributed by atoms with Crippen LogP contribution in [0.5, 0.6) is 0 Å². The van der Waals surface area contributed by atoms with Crippen molar-refractivity contribution in [3.8, 4) is 0 Å². The lowest BCUT2D eigenvalue weighted by molar-refractivity contribution is 0.449. The van der Waals surface area contributed by atoms with E-state index in [4.69, 9.17) is 0 Å². The Morgan fingerprint density at radius 3 is 2.63 bits per heavy atom. The minimum Gasteiger partial charge on any atom is -0.306 e. The van der Waals surface area contributed by atoms with Crippen molar-refractivity contribution < 1.29 is 8.42 Å². The third-order valence-electron chi connectivity index (χ3n) is 3.76. The average Bonchev–Trinajstić information content (AvgIpc) is 2.65. The molecule has 1 aromatic heterocycles.